The summed E-state index contributed by atoms with van der Waals surface area (Å²) in [4.78, 5) is 20.3. The first-order valence-electron chi connectivity index (χ1n) is 7.46. The molecule has 6 nitrogen and oxygen atoms in total. The second kappa shape index (κ2) is 6.89. The third-order valence-corrected chi connectivity index (χ3v) is 3.50. The fourth-order valence-corrected chi connectivity index (χ4v) is 2.37. The zero-order valence-corrected chi connectivity index (χ0v) is 12.4. The fourth-order valence-electron chi connectivity index (χ4n) is 2.37. The minimum Gasteiger partial charge on any atom is -0.356 e. The Morgan fingerprint density at radius 1 is 1.27 bits per heavy atom. The first kappa shape index (κ1) is 14.3. The summed E-state index contributed by atoms with van der Waals surface area (Å²) >= 11 is 0. The fraction of sp³-hybridized carbons (Fsp3) is 0.312. The largest absolute Gasteiger partial charge is 0.356 e. The number of aromatic nitrogens is 4. The Hall–Kier alpha value is -2.63. The molecule has 0 spiro atoms. The molecule has 0 aliphatic carbocycles. The first-order valence-corrected chi connectivity index (χ1v) is 7.46. The van der Waals surface area contributed by atoms with Crippen LogP contribution in [0.5, 0.6) is 0 Å². The molecule has 22 heavy (non-hydrogen) atoms. The number of nitrogens with zero attached hydrogens (tertiary/aromatic N) is 4. The average Bonchev–Trinajstić information content (AvgIpc) is 3.15. The van der Waals surface area contributed by atoms with E-state index in [2.05, 4.69) is 15.3 Å². The molecule has 0 atom stereocenters. The maximum Gasteiger partial charge on any atom is 0.220 e. The molecule has 1 amide bonds. The van der Waals surface area contributed by atoms with Gasteiger partial charge in [-0.3, -0.25) is 4.79 Å². The number of rotatable bonds is 7. The highest BCUT2D eigenvalue weighted by Crippen LogP contribution is 2.04. The predicted molar refractivity (Wildman–Crippen MR) is 83.4 cm³/mol. The zero-order chi connectivity index (χ0) is 15.2. The molecular weight excluding hydrogens is 278 g/mol. The number of imidazole rings is 2. The summed E-state index contributed by atoms with van der Waals surface area (Å²) in [6, 6.07) is 5.91. The standard InChI is InChI=1S/C16H19N5O/c22-16(5-3-9-20-11-8-17-13-20)18-7-6-14-12-21-10-2-1-4-15(21)19-14/h1-2,4,8,10-13H,3,5-7,9H2,(H,18,22). The van der Waals surface area contributed by atoms with Crippen molar-refractivity contribution in [3.63, 3.8) is 0 Å². The van der Waals surface area contributed by atoms with Crippen LogP contribution in [0, 0.1) is 0 Å². The second-order valence-electron chi connectivity index (χ2n) is 5.20. The molecule has 0 bridgehead atoms. The number of hydrogen-bond donors (Lipinski definition) is 1. The SMILES string of the molecule is O=C(CCCn1ccnc1)NCCc1cn2ccccc2n1. The summed E-state index contributed by atoms with van der Waals surface area (Å²) in [6.07, 6.45) is 11.5. The van der Waals surface area contributed by atoms with E-state index in [0.29, 0.717) is 13.0 Å². The Kier molecular flexibility index (Phi) is 4.48. The maximum atomic E-state index is 11.8. The van der Waals surface area contributed by atoms with Crippen molar-refractivity contribution in [1.29, 1.82) is 0 Å². The van der Waals surface area contributed by atoms with E-state index in [-0.39, 0.29) is 5.91 Å². The van der Waals surface area contributed by atoms with Crippen LogP contribution in [0.25, 0.3) is 5.65 Å². The third-order valence-electron chi connectivity index (χ3n) is 3.50. The van der Waals surface area contributed by atoms with Crippen molar-refractivity contribution in [1.82, 2.24) is 24.3 Å². The van der Waals surface area contributed by atoms with Crippen LogP contribution < -0.4 is 5.32 Å². The van der Waals surface area contributed by atoms with Gasteiger partial charge in [-0.05, 0) is 18.6 Å². The molecule has 3 heterocycles. The molecule has 0 aliphatic rings. The topological polar surface area (TPSA) is 64.2 Å². The summed E-state index contributed by atoms with van der Waals surface area (Å²) < 4.78 is 3.96. The maximum absolute atomic E-state index is 11.8. The van der Waals surface area contributed by atoms with E-state index in [0.717, 1.165) is 30.7 Å². The number of nitrogens with one attached hydrogen (secondary N) is 1. The van der Waals surface area contributed by atoms with Crippen LogP contribution >= 0.6 is 0 Å². The van der Waals surface area contributed by atoms with Gasteiger partial charge >= 0.3 is 0 Å². The van der Waals surface area contributed by atoms with E-state index in [1.165, 1.54) is 0 Å². The average molecular weight is 297 g/mol. The quantitative estimate of drug-likeness (QED) is 0.721. The van der Waals surface area contributed by atoms with Gasteiger partial charge in [0.05, 0.1) is 12.0 Å². The summed E-state index contributed by atoms with van der Waals surface area (Å²) in [7, 11) is 0. The lowest BCUT2D eigenvalue weighted by molar-refractivity contribution is -0.121. The predicted octanol–water partition coefficient (Wildman–Crippen LogP) is 1.67. The van der Waals surface area contributed by atoms with Gasteiger partial charge in [-0.15, -0.1) is 0 Å². The van der Waals surface area contributed by atoms with E-state index >= 15 is 0 Å². The number of fused-ring (bicyclic) bond motifs is 1. The van der Waals surface area contributed by atoms with Gasteiger partial charge in [0, 0.05) is 50.7 Å². The molecular formula is C16H19N5O. The lowest BCUT2D eigenvalue weighted by atomic mass is 10.2. The highest BCUT2D eigenvalue weighted by molar-refractivity contribution is 5.75. The Bertz CT molecular complexity index is 699. The van der Waals surface area contributed by atoms with Crippen LogP contribution in [0.4, 0.5) is 0 Å². The first-order chi connectivity index (χ1) is 10.8. The van der Waals surface area contributed by atoms with Gasteiger partial charge in [-0.2, -0.15) is 0 Å². The molecule has 0 saturated heterocycles. The molecule has 3 rings (SSSR count). The van der Waals surface area contributed by atoms with Gasteiger partial charge in [0.1, 0.15) is 5.65 Å². The number of pyridine rings is 1. The van der Waals surface area contributed by atoms with E-state index in [4.69, 9.17) is 0 Å². The van der Waals surface area contributed by atoms with Gasteiger partial charge in [0.15, 0.2) is 0 Å². The molecule has 3 aromatic rings. The Morgan fingerprint density at radius 2 is 2.23 bits per heavy atom. The Balaban J connectivity index is 1.38. The van der Waals surface area contributed by atoms with Crippen LogP contribution in [-0.2, 0) is 17.8 Å². The van der Waals surface area contributed by atoms with Crippen LogP contribution in [-0.4, -0.2) is 31.4 Å². The summed E-state index contributed by atoms with van der Waals surface area (Å²) in [5.41, 5.74) is 1.93. The van der Waals surface area contributed by atoms with Gasteiger partial charge in [-0.25, -0.2) is 9.97 Å². The van der Waals surface area contributed by atoms with Crippen molar-refractivity contribution in [2.24, 2.45) is 0 Å². The molecule has 0 aliphatic heterocycles. The molecule has 0 fully saturated rings. The molecule has 0 unspecified atom stereocenters. The summed E-state index contributed by atoms with van der Waals surface area (Å²) in [6.45, 7) is 1.44. The number of aryl methyl sites for hydroxylation is 1. The van der Waals surface area contributed by atoms with Crippen LogP contribution in [0.15, 0.2) is 49.3 Å². The third kappa shape index (κ3) is 3.72. The van der Waals surface area contributed by atoms with Crippen molar-refractivity contribution >= 4 is 11.6 Å². The lowest BCUT2D eigenvalue weighted by Gasteiger charge is -2.04. The van der Waals surface area contributed by atoms with Gasteiger partial charge in [0.2, 0.25) is 5.91 Å². The van der Waals surface area contributed by atoms with Gasteiger partial charge in [-0.1, -0.05) is 6.07 Å². The number of carbonyl (C=O) groups excluding carboxylic acids is 1. The molecule has 0 radical (unpaired) electrons. The molecule has 0 aromatic carbocycles. The van der Waals surface area contributed by atoms with Gasteiger partial charge in [0.25, 0.3) is 0 Å². The highest BCUT2D eigenvalue weighted by Gasteiger charge is 2.03. The minimum absolute atomic E-state index is 0.0869. The van der Waals surface area contributed by atoms with Crippen LogP contribution in [0.3, 0.4) is 0 Å². The number of hydrogen-bond acceptors (Lipinski definition) is 3. The van der Waals surface area contributed by atoms with Crippen molar-refractivity contribution in [2.75, 3.05) is 6.54 Å². The highest BCUT2D eigenvalue weighted by atomic mass is 16.1. The molecule has 3 aromatic heterocycles. The van der Waals surface area contributed by atoms with Crippen molar-refractivity contribution in [3.8, 4) is 0 Å². The van der Waals surface area contributed by atoms with Gasteiger partial charge < -0.3 is 14.3 Å². The van der Waals surface area contributed by atoms with E-state index in [1.807, 2.05) is 45.8 Å². The smallest absolute Gasteiger partial charge is 0.220 e. The number of amides is 1. The monoisotopic (exact) mass is 297 g/mol. The summed E-state index contributed by atoms with van der Waals surface area (Å²) in [5, 5.41) is 2.94. The van der Waals surface area contributed by atoms with Crippen LogP contribution in [0.2, 0.25) is 0 Å². The summed E-state index contributed by atoms with van der Waals surface area (Å²) in [5.74, 6) is 0.0869. The van der Waals surface area contributed by atoms with Crippen molar-refractivity contribution in [3.05, 3.63) is 55.0 Å². The zero-order valence-electron chi connectivity index (χ0n) is 12.4. The van der Waals surface area contributed by atoms with E-state index in [9.17, 15) is 4.79 Å². The Morgan fingerprint density at radius 3 is 3.05 bits per heavy atom. The van der Waals surface area contributed by atoms with Crippen LogP contribution in [0.1, 0.15) is 18.5 Å². The number of carbonyl (C=O) groups is 1. The van der Waals surface area contributed by atoms with E-state index < -0.39 is 0 Å². The lowest BCUT2D eigenvalue weighted by Crippen LogP contribution is -2.25. The second-order valence-corrected chi connectivity index (χ2v) is 5.20. The molecule has 6 heteroatoms. The van der Waals surface area contributed by atoms with Crippen molar-refractivity contribution < 1.29 is 4.79 Å². The van der Waals surface area contributed by atoms with Crippen molar-refractivity contribution in [2.45, 2.75) is 25.8 Å². The molecule has 1 N–H and O–H groups in total. The Labute approximate surface area is 128 Å². The molecule has 114 valence electrons. The minimum atomic E-state index is 0.0869. The molecule has 0 saturated carbocycles. The van der Waals surface area contributed by atoms with E-state index in [1.54, 1.807) is 12.5 Å². The normalized spacial score (nSPS) is 10.9.